The van der Waals surface area contributed by atoms with Crippen LogP contribution in [-0.2, 0) is 0 Å². The van der Waals surface area contributed by atoms with Gasteiger partial charge in [-0.15, -0.1) is 0 Å². The average Bonchev–Trinajstić information content (AvgIpc) is 2.28. The summed E-state index contributed by atoms with van der Waals surface area (Å²) in [6.45, 7) is 13.4. The Labute approximate surface area is 107 Å². The fourth-order valence-corrected chi connectivity index (χ4v) is 2.44. The molecule has 102 valence electrons. The van der Waals surface area contributed by atoms with Crippen molar-refractivity contribution < 1.29 is 5.11 Å². The first-order chi connectivity index (χ1) is 8.04. The lowest BCUT2D eigenvalue weighted by atomic mass is 10.0. The summed E-state index contributed by atoms with van der Waals surface area (Å²) < 4.78 is 0. The fraction of sp³-hybridized carbons (Fsp3) is 1.00. The van der Waals surface area contributed by atoms with Gasteiger partial charge in [0.05, 0.1) is 0 Å². The summed E-state index contributed by atoms with van der Waals surface area (Å²) in [6.07, 6.45) is 4.70. The first-order valence-corrected chi connectivity index (χ1v) is 7.12. The van der Waals surface area contributed by atoms with E-state index >= 15 is 0 Å². The Hall–Kier alpha value is -0.120. The predicted molar refractivity (Wildman–Crippen MR) is 73.3 cm³/mol. The highest BCUT2D eigenvalue weighted by Gasteiger charge is 2.25. The van der Waals surface area contributed by atoms with E-state index < -0.39 is 0 Å². The van der Waals surface area contributed by atoms with E-state index in [4.69, 9.17) is 5.11 Å². The Morgan fingerprint density at radius 3 is 2.00 bits per heavy atom. The van der Waals surface area contributed by atoms with Crippen LogP contribution in [0.5, 0.6) is 0 Å². The smallest absolute Gasteiger partial charge is 0.0431 e. The molecule has 0 radical (unpaired) electrons. The van der Waals surface area contributed by atoms with Crippen molar-refractivity contribution in [2.75, 3.05) is 39.3 Å². The van der Waals surface area contributed by atoms with E-state index in [-0.39, 0.29) is 0 Å². The van der Waals surface area contributed by atoms with Crippen LogP contribution >= 0.6 is 0 Å². The Kier molecular flexibility index (Phi) is 6.45. The molecule has 1 aliphatic rings. The lowest BCUT2D eigenvalue weighted by molar-refractivity contribution is 0.0615. The highest BCUT2D eigenvalue weighted by atomic mass is 16.2. The minimum atomic E-state index is 0.327. The number of hydrogen-bond acceptors (Lipinski definition) is 3. The number of aliphatic hydroxyl groups is 1. The number of rotatable bonds is 6. The number of hydrogen-bond donors (Lipinski definition) is 1. The molecule has 1 heterocycles. The monoisotopic (exact) mass is 242 g/mol. The Morgan fingerprint density at radius 1 is 0.882 bits per heavy atom. The second-order valence-corrected chi connectivity index (χ2v) is 6.14. The standard InChI is InChI=1S/C14H30N2O/c1-14(2,3)16-11-9-15(10-12-16)8-6-4-5-7-13-17/h17H,4-13H2,1-3H3. The molecular weight excluding hydrogens is 212 g/mol. The van der Waals surface area contributed by atoms with Crippen LogP contribution in [0.15, 0.2) is 0 Å². The van der Waals surface area contributed by atoms with Crippen LogP contribution in [-0.4, -0.2) is 59.8 Å². The van der Waals surface area contributed by atoms with Gasteiger partial charge < -0.3 is 10.0 Å². The van der Waals surface area contributed by atoms with E-state index in [1.165, 1.54) is 52.0 Å². The molecule has 1 saturated heterocycles. The Morgan fingerprint density at radius 2 is 1.47 bits per heavy atom. The molecule has 0 spiro atoms. The maximum Gasteiger partial charge on any atom is 0.0431 e. The zero-order valence-corrected chi connectivity index (χ0v) is 11.9. The normalized spacial score (nSPS) is 19.8. The molecule has 0 aromatic heterocycles. The average molecular weight is 242 g/mol. The maximum atomic E-state index is 8.70. The summed E-state index contributed by atoms with van der Waals surface area (Å²) in [5.74, 6) is 0. The van der Waals surface area contributed by atoms with Crippen molar-refractivity contribution in [1.29, 1.82) is 0 Å². The van der Waals surface area contributed by atoms with Crippen LogP contribution in [0, 0.1) is 0 Å². The number of unbranched alkanes of at least 4 members (excludes halogenated alkanes) is 3. The summed E-state index contributed by atoms with van der Waals surface area (Å²) in [7, 11) is 0. The van der Waals surface area contributed by atoms with E-state index in [2.05, 4.69) is 30.6 Å². The van der Waals surface area contributed by atoms with Crippen LogP contribution in [0.25, 0.3) is 0 Å². The highest BCUT2D eigenvalue weighted by Crippen LogP contribution is 2.16. The highest BCUT2D eigenvalue weighted by molar-refractivity contribution is 4.81. The van der Waals surface area contributed by atoms with Crippen molar-refractivity contribution in [2.45, 2.75) is 52.0 Å². The third-order valence-corrected chi connectivity index (χ3v) is 3.70. The SMILES string of the molecule is CC(C)(C)N1CCN(CCCCCCO)CC1. The van der Waals surface area contributed by atoms with E-state index in [9.17, 15) is 0 Å². The van der Waals surface area contributed by atoms with Gasteiger partial charge in [0.2, 0.25) is 0 Å². The van der Waals surface area contributed by atoms with Crippen LogP contribution in [0.3, 0.4) is 0 Å². The molecule has 0 amide bonds. The van der Waals surface area contributed by atoms with Crippen LogP contribution in [0.4, 0.5) is 0 Å². The van der Waals surface area contributed by atoms with Crippen LogP contribution in [0.1, 0.15) is 46.5 Å². The van der Waals surface area contributed by atoms with E-state index in [1.54, 1.807) is 0 Å². The fourth-order valence-electron chi connectivity index (χ4n) is 2.44. The van der Waals surface area contributed by atoms with Crippen molar-refractivity contribution in [3.05, 3.63) is 0 Å². The summed E-state index contributed by atoms with van der Waals surface area (Å²) >= 11 is 0. The molecule has 0 aromatic rings. The van der Waals surface area contributed by atoms with E-state index in [0.29, 0.717) is 12.1 Å². The lowest BCUT2D eigenvalue weighted by Crippen LogP contribution is -2.53. The van der Waals surface area contributed by atoms with E-state index in [0.717, 1.165) is 6.42 Å². The zero-order valence-electron chi connectivity index (χ0n) is 11.9. The van der Waals surface area contributed by atoms with E-state index in [1.807, 2.05) is 0 Å². The van der Waals surface area contributed by atoms with Crippen molar-refractivity contribution in [1.82, 2.24) is 9.80 Å². The van der Waals surface area contributed by atoms with Gasteiger partial charge in [-0.3, -0.25) is 4.90 Å². The number of piperazine rings is 1. The summed E-state index contributed by atoms with van der Waals surface area (Å²) in [4.78, 5) is 5.16. The van der Waals surface area contributed by atoms with Crippen molar-refractivity contribution in [3.8, 4) is 0 Å². The summed E-state index contributed by atoms with van der Waals surface area (Å²) in [5.41, 5.74) is 0.327. The minimum Gasteiger partial charge on any atom is -0.396 e. The van der Waals surface area contributed by atoms with Crippen molar-refractivity contribution in [2.24, 2.45) is 0 Å². The van der Waals surface area contributed by atoms with Gasteiger partial charge in [-0.25, -0.2) is 0 Å². The number of nitrogens with zero attached hydrogens (tertiary/aromatic N) is 2. The lowest BCUT2D eigenvalue weighted by Gasteiger charge is -2.42. The van der Waals surface area contributed by atoms with Crippen molar-refractivity contribution in [3.63, 3.8) is 0 Å². The first kappa shape index (κ1) is 14.9. The molecule has 3 nitrogen and oxygen atoms in total. The topological polar surface area (TPSA) is 26.7 Å². The van der Waals surface area contributed by atoms with Crippen LogP contribution < -0.4 is 0 Å². The Bertz CT molecular complexity index is 193. The molecular formula is C14H30N2O. The first-order valence-electron chi connectivity index (χ1n) is 7.12. The molecule has 0 aliphatic carbocycles. The molecule has 1 rings (SSSR count). The zero-order chi connectivity index (χ0) is 12.7. The van der Waals surface area contributed by atoms with Gasteiger partial charge >= 0.3 is 0 Å². The van der Waals surface area contributed by atoms with Crippen molar-refractivity contribution >= 4 is 0 Å². The van der Waals surface area contributed by atoms with Gasteiger partial charge in [0.1, 0.15) is 0 Å². The molecule has 17 heavy (non-hydrogen) atoms. The maximum absolute atomic E-state index is 8.70. The summed E-state index contributed by atoms with van der Waals surface area (Å²) in [6, 6.07) is 0. The molecule has 0 bridgehead atoms. The van der Waals surface area contributed by atoms with Gasteiger partial charge in [0.15, 0.2) is 0 Å². The van der Waals surface area contributed by atoms with Gasteiger partial charge in [-0.1, -0.05) is 12.8 Å². The molecule has 0 unspecified atom stereocenters. The number of aliphatic hydroxyl groups excluding tert-OH is 1. The van der Waals surface area contributed by atoms with Gasteiger partial charge in [-0.05, 0) is 40.2 Å². The largest absolute Gasteiger partial charge is 0.396 e. The Balaban J connectivity index is 2.07. The minimum absolute atomic E-state index is 0.327. The third-order valence-electron chi connectivity index (χ3n) is 3.70. The molecule has 0 saturated carbocycles. The molecule has 1 N–H and O–H groups in total. The molecule has 1 aliphatic heterocycles. The van der Waals surface area contributed by atoms with Crippen LogP contribution in [0.2, 0.25) is 0 Å². The quantitative estimate of drug-likeness (QED) is 0.721. The van der Waals surface area contributed by atoms with Gasteiger partial charge in [0.25, 0.3) is 0 Å². The third kappa shape index (κ3) is 5.84. The van der Waals surface area contributed by atoms with Gasteiger partial charge in [-0.2, -0.15) is 0 Å². The molecule has 3 heteroatoms. The summed E-state index contributed by atoms with van der Waals surface area (Å²) in [5, 5.41) is 8.70. The molecule has 0 atom stereocenters. The second kappa shape index (κ2) is 7.34. The predicted octanol–water partition coefficient (Wildman–Crippen LogP) is 1.96. The second-order valence-electron chi connectivity index (χ2n) is 6.14. The molecule has 0 aromatic carbocycles. The molecule has 1 fully saturated rings. The van der Waals surface area contributed by atoms with Gasteiger partial charge in [0, 0.05) is 38.3 Å².